The molecule has 2 aromatic carbocycles. The minimum atomic E-state index is -2.64. The normalized spacial score (nSPS) is 30.4. The van der Waals surface area contributed by atoms with Gasteiger partial charge in [0.05, 0.1) is 12.6 Å². The highest BCUT2D eigenvalue weighted by atomic mass is 16.5. The maximum absolute atomic E-state index is 13.7. The van der Waals surface area contributed by atoms with Gasteiger partial charge >= 0.3 is 6.03 Å². The number of hydrogen-bond acceptors (Lipinski definition) is 11. The third kappa shape index (κ3) is 3.72. The molecule has 8 rings (SSSR count). The van der Waals surface area contributed by atoms with Crippen LogP contribution in [-0.4, -0.2) is 99.0 Å². The lowest BCUT2D eigenvalue weighted by Gasteiger charge is -2.49. The molecule has 3 unspecified atom stereocenters. The van der Waals surface area contributed by atoms with Crippen molar-refractivity contribution in [1.82, 2.24) is 20.4 Å². The van der Waals surface area contributed by atoms with E-state index in [2.05, 4.69) is 26.7 Å². The fraction of sp³-hybridized carbons (Fsp3) is 0.452. The molecule has 0 bridgehead atoms. The number of imide groups is 1. The zero-order valence-corrected chi connectivity index (χ0v) is 24.5. The molecular formula is C31H35N9O5. The van der Waals surface area contributed by atoms with Gasteiger partial charge in [-0.2, -0.15) is 0 Å². The van der Waals surface area contributed by atoms with Crippen molar-refractivity contribution in [3.8, 4) is 0 Å². The van der Waals surface area contributed by atoms with Gasteiger partial charge in [0.2, 0.25) is 5.79 Å². The number of carbonyl (C=O) groups is 3. The molecule has 4 aliphatic heterocycles. The van der Waals surface area contributed by atoms with Crippen LogP contribution in [0.15, 0.2) is 58.5 Å². The van der Waals surface area contributed by atoms with Crippen LogP contribution in [0.4, 0.5) is 10.5 Å². The maximum Gasteiger partial charge on any atom is 0.331 e. The van der Waals surface area contributed by atoms with Gasteiger partial charge in [-0.15, -0.1) is 0 Å². The van der Waals surface area contributed by atoms with Gasteiger partial charge < -0.3 is 37.2 Å². The number of nitrogens with zero attached hydrogens (tertiary/aromatic N) is 5. The van der Waals surface area contributed by atoms with Crippen molar-refractivity contribution in [2.24, 2.45) is 21.5 Å². The first-order valence-electron chi connectivity index (χ1n) is 15.3. The van der Waals surface area contributed by atoms with E-state index in [1.165, 1.54) is 21.8 Å². The van der Waals surface area contributed by atoms with Crippen LogP contribution in [0.2, 0.25) is 0 Å². The molecule has 3 fully saturated rings. The smallest absolute Gasteiger partial charge is 0.331 e. The summed E-state index contributed by atoms with van der Waals surface area (Å²) in [7, 11) is 0. The van der Waals surface area contributed by atoms with Gasteiger partial charge in [0.1, 0.15) is 18.6 Å². The number of nitrogens with one attached hydrogen (secondary N) is 2. The number of nitrogens with two attached hydrogens (primary N) is 2. The molecule has 2 aromatic rings. The number of para-hydroxylation sites is 1. The number of benzene rings is 2. The molecule has 0 radical (unpaired) electrons. The predicted octanol–water partition coefficient (Wildman–Crippen LogP) is -0.702. The lowest BCUT2D eigenvalue weighted by molar-refractivity contribution is -0.230. The number of fused-ring (bicyclic) bond motifs is 2. The number of urea groups is 1. The lowest BCUT2D eigenvalue weighted by atomic mass is 9.65. The first kappa shape index (κ1) is 27.8. The van der Waals surface area contributed by atoms with Crippen LogP contribution < -0.4 is 27.0 Å². The van der Waals surface area contributed by atoms with Crippen LogP contribution in [0.1, 0.15) is 47.2 Å². The Bertz CT molecular complexity index is 1690. The third-order valence-corrected chi connectivity index (χ3v) is 10.8. The molecule has 2 saturated heterocycles. The number of amides is 4. The summed E-state index contributed by atoms with van der Waals surface area (Å²) in [5, 5.41) is 29.5. The first-order chi connectivity index (χ1) is 21.6. The minimum absolute atomic E-state index is 0.0654. The fourth-order valence-corrected chi connectivity index (χ4v) is 8.38. The van der Waals surface area contributed by atoms with Crippen molar-refractivity contribution in [2.75, 3.05) is 24.5 Å². The van der Waals surface area contributed by atoms with E-state index >= 15 is 0 Å². The van der Waals surface area contributed by atoms with Gasteiger partial charge in [0.25, 0.3) is 11.8 Å². The highest BCUT2D eigenvalue weighted by Crippen LogP contribution is 2.53. The molecule has 2 aliphatic carbocycles. The van der Waals surface area contributed by atoms with E-state index in [1.54, 1.807) is 30.3 Å². The summed E-state index contributed by atoms with van der Waals surface area (Å²) in [6, 6.07) is 10.8. The highest BCUT2D eigenvalue weighted by molar-refractivity contribution is 6.12. The zero-order valence-electron chi connectivity index (χ0n) is 24.5. The third-order valence-electron chi connectivity index (χ3n) is 10.8. The van der Waals surface area contributed by atoms with Gasteiger partial charge in [-0.25, -0.2) is 14.8 Å². The summed E-state index contributed by atoms with van der Waals surface area (Å²) in [6.07, 6.45) is 5.23. The molecule has 1 saturated carbocycles. The average molecular weight is 614 g/mol. The molecule has 8 N–H and O–H groups in total. The number of rotatable bonds is 5. The van der Waals surface area contributed by atoms with Crippen LogP contribution in [0.3, 0.4) is 0 Å². The first-order valence-corrected chi connectivity index (χ1v) is 15.3. The Morgan fingerprint density at radius 3 is 2.56 bits per heavy atom. The molecular weight excluding hydrogens is 578 g/mol. The Labute approximate surface area is 258 Å². The van der Waals surface area contributed by atoms with E-state index in [9.17, 15) is 24.6 Å². The molecule has 2 spiro atoms. The van der Waals surface area contributed by atoms with Crippen molar-refractivity contribution in [3.05, 3.63) is 65.2 Å². The second kappa shape index (κ2) is 9.41. The molecule has 4 atom stereocenters. The van der Waals surface area contributed by atoms with Crippen LogP contribution in [-0.2, 0) is 16.6 Å². The van der Waals surface area contributed by atoms with E-state index in [-0.39, 0.29) is 37.0 Å². The molecule has 234 valence electrons. The monoisotopic (exact) mass is 613 g/mol. The van der Waals surface area contributed by atoms with Crippen LogP contribution in [0, 0.1) is 0 Å². The molecule has 4 heterocycles. The van der Waals surface area contributed by atoms with E-state index in [0.717, 1.165) is 36.1 Å². The van der Waals surface area contributed by atoms with Gasteiger partial charge in [0.15, 0.2) is 17.6 Å². The van der Waals surface area contributed by atoms with Crippen LogP contribution in [0.25, 0.3) is 0 Å². The zero-order chi connectivity index (χ0) is 31.3. The minimum Gasteiger partial charge on any atom is -0.370 e. The number of aliphatic hydroxyl groups is 2. The predicted molar refractivity (Wildman–Crippen MR) is 163 cm³/mol. The highest BCUT2D eigenvalue weighted by Gasteiger charge is 2.73. The van der Waals surface area contributed by atoms with Crippen molar-refractivity contribution in [3.63, 3.8) is 0 Å². The van der Waals surface area contributed by atoms with E-state index in [0.29, 0.717) is 11.3 Å². The Hall–Kier alpha value is -4.69. The standard InChI is InChI=1S/C31H35N9O5/c32-26-36-24-21(14-39-23(41)16-38(28(39)43)17-6-2-1-3-7-17)34-27(33)40-15-22(31(44,45)30(24,40)37-26)35-25(42)19-8-4-9-20-18(19)10-13-29(20)11-5-12-29/h1-4,6-9,21-22,24,44-45H,5,10-16H2,(H2,33,34)(H,35,42)(H3,32,36,37)/t21-,22?,24?,30?/m0/s1. The number of carbonyl (C=O) groups excluding carboxylic acids is 3. The summed E-state index contributed by atoms with van der Waals surface area (Å²) in [4.78, 5) is 53.0. The quantitative estimate of drug-likeness (QED) is 0.186. The number of guanidine groups is 2. The Morgan fingerprint density at radius 2 is 1.82 bits per heavy atom. The van der Waals surface area contributed by atoms with Gasteiger partial charge in [-0.1, -0.05) is 36.8 Å². The van der Waals surface area contributed by atoms with Crippen molar-refractivity contribution < 1.29 is 24.6 Å². The molecule has 4 amide bonds. The number of aliphatic imine (C=N–C) groups is 2. The Balaban J connectivity index is 1.07. The van der Waals surface area contributed by atoms with Crippen molar-refractivity contribution in [2.45, 2.75) is 67.1 Å². The fourth-order valence-electron chi connectivity index (χ4n) is 8.38. The molecule has 45 heavy (non-hydrogen) atoms. The molecule has 6 aliphatic rings. The summed E-state index contributed by atoms with van der Waals surface area (Å²) in [5.74, 6) is -3.65. The average Bonchev–Trinajstić information content (AvgIpc) is 3.71. The van der Waals surface area contributed by atoms with E-state index in [4.69, 9.17) is 11.5 Å². The number of anilines is 1. The van der Waals surface area contributed by atoms with Gasteiger partial charge in [0, 0.05) is 17.8 Å². The largest absolute Gasteiger partial charge is 0.370 e. The maximum atomic E-state index is 13.7. The second-order valence-corrected chi connectivity index (χ2v) is 12.9. The van der Waals surface area contributed by atoms with Crippen LogP contribution in [0.5, 0.6) is 0 Å². The van der Waals surface area contributed by atoms with Crippen molar-refractivity contribution >= 4 is 35.5 Å². The Kier molecular flexibility index (Phi) is 5.82. The molecule has 14 heteroatoms. The van der Waals surface area contributed by atoms with Crippen molar-refractivity contribution in [1.29, 1.82) is 0 Å². The van der Waals surface area contributed by atoms with Gasteiger partial charge in [-0.3, -0.25) is 19.4 Å². The van der Waals surface area contributed by atoms with Crippen LogP contribution >= 0.6 is 0 Å². The Morgan fingerprint density at radius 1 is 1.04 bits per heavy atom. The lowest BCUT2D eigenvalue weighted by Crippen LogP contribution is -2.78. The summed E-state index contributed by atoms with van der Waals surface area (Å²) >= 11 is 0. The summed E-state index contributed by atoms with van der Waals surface area (Å²) in [6.45, 7) is -0.469. The van der Waals surface area contributed by atoms with E-state index < -0.39 is 47.4 Å². The molecule has 0 aromatic heterocycles. The second-order valence-electron chi connectivity index (χ2n) is 12.9. The molecule has 14 nitrogen and oxygen atoms in total. The summed E-state index contributed by atoms with van der Waals surface area (Å²) < 4.78 is 0. The number of hydrogen-bond donors (Lipinski definition) is 6. The SMILES string of the molecule is NC1=NC2[C@H](CN3C(=O)CN(c4ccccc4)C3=O)N=C(N)N3CC(NC(=O)c4cccc5c4CCC54CCC4)C(O)(O)C23N1. The summed E-state index contributed by atoms with van der Waals surface area (Å²) in [5.41, 5.74) is 14.2. The van der Waals surface area contributed by atoms with Gasteiger partial charge in [-0.05, 0) is 60.4 Å². The van der Waals surface area contributed by atoms with E-state index in [1.807, 2.05) is 12.1 Å². The topological polar surface area (TPSA) is 202 Å².